The summed E-state index contributed by atoms with van der Waals surface area (Å²) in [6, 6.07) is 0. The second-order valence-electron chi connectivity index (χ2n) is 5.57. The van der Waals surface area contributed by atoms with E-state index in [0.717, 1.165) is 25.7 Å². The van der Waals surface area contributed by atoms with Crippen LogP contribution in [0, 0.1) is 5.92 Å². The Hall–Kier alpha value is -2.58. The molecule has 0 spiro atoms. The third-order valence-electron chi connectivity index (χ3n) is 3.72. The lowest BCUT2D eigenvalue weighted by molar-refractivity contribution is -0.118. The maximum Gasteiger partial charge on any atom is 0.286 e. The normalized spacial score (nSPS) is 16.7. The average molecular weight is 320 g/mol. The predicted molar refractivity (Wildman–Crippen MR) is 78.2 cm³/mol. The first-order valence-electron chi connectivity index (χ1n) is 7.51. The van der Waals surface area contributed by atoms with Gasteiger partial charge in [0.25, 0.3) is 5.89 Å². The average Bonchev–Trinajstić information content (AvgIpc) is 3.16. The van der Waals surface area contributed by atoms with Gasteiger partial charge in [0.05, 0.1) is 0 Å². The maximum atomic E-state index is 14.2. The van der Waals surface area contributed by atoms with Gasteiger partial charge >= 0.3 is 0 Å². The lowest BCUT2D eigenvalue weighted by Crippen LogP contribution is -2.18. The first kappa shape index (κ1) is 15.3. The minimum absolute atomic E-state index is 0.0652. The maximum absolute atomic E-state index is 14.2. The molecule has 1 aliphatic carbocycles. The second-order valence-corrected chi connectivity index (χ2v) is 5.57. The van der Waals surface area contributed by atoms with Crippen LogP contribution in [0.5, 0.6) is 0 Å². The fourth-order valence-electron chi connectivity index (χ4n) is 2.62. The molecule has 3 rings (SSSR count). The van der Waals surface area contributed by atoms with Crippen molar-refractivity contribution < 1.29 is 13.7 Å². The zero-order valence-corrected chi connectivity index (χ0v) is 12.5. The molecule has 0 atom stereocenters. The van der Waals surface area contributed by atoms with Crippen molar-refractivity contribution in [3.63, 3.8) is 0 Å². The summed E-state index contributed by atoms with van der Waals surface area (Å²) in [6.07, 6.45) is 8.27. The molecule has 2 aromatic heterocycles. The van der Waals surface area contributed by atoms with Crippen LogP contribution < -0.4 is 5.73 Å². The van der Waals surface area contributed by atoms with Crippen LogP contribution >= 0.6 is 0 Å². The first-order valence-corrected chi connectivity index (χ1v) is 7.51. The van der Waals surface area contributed by atoms with Crippen molar-refractivity contribution in [1.82, 2.24) is 24.9 Å². The molecule has 0 bridgehead atoms. The number of allylic oxidation sites excluding steroid dienone is 1. The zero-order chi connectivity index (χ0) is 16.2. The van der Waals surface area contributed by atoms with Crippen LogP contribution in [-0.2, 0) is 11.3 Å². The summed E-state index contributed by atoms with van der Waals surface area (Å²) < 4.78 is 20.4. The summed E-state index contributed by atoms with van der Waals surface area (Å²) in [5.41, 5.74) is 5.07. The summed E-state index contributed by atoms with van der Waals surface area (Å²) in [5, 5.41) is 7.66. The fourth-order valence-corrected chi connectivity index (χ4v) is 2.62. The molecule has 122 valence electrons. The van der Waals surface area contributed by atoms with Gasteiger partial charge in [-0.25, -0.2) is 14.1 Å². The van der Waals surface area contributed by atoms with Crippen LogP contribution in [0.15, 0.2) is 16.9 Å². The third kappa shape index (κ3) is 3.79. The molecule has 1 amide bonds. The van der Waals surface area contributed by atoms with Crippen molar-refractivity contribution in [2.45, 2.75) is 38.6 Å². The smallest absolute Gasteiger partial charge is 0.286 e. The molecule has 1 fully saturated rings. The molecule has 0 aromatic carbocycles. The van der Waals surface area contributed by atoms with Gasteiger partial charge in [0.2, 0.25) is 17.6 Å². The van der Waals surface area contributed by atoms with Crippen LogP contribution in [0.2, 0.25) is 0 Å². The molecule has 23 heavy (non-hydrogen) atoms. The van der Waals surface area contributed by atoms with Gasteiger partial charge in [-0.1, -0.05) is 24.4 Å². The lowest BCUT2D eigenvalue weighted by Gasteiger charge is -2.17. The second kappa shape index (κ2) is 6.67. The van der Waals surface area contributed by atoms with E-state index in [9.17, 15) is 9.18 Å². The van der Waals surface area contributed by atoms with E-state index in [1.54, 1.807) is 6.08 Å². The number of aromatic nitrogens is 5. The molecule has 0 aliphatic heterocycles. The number of halogens is 1. The number of hydrogen-bond donors (Lipinski definition) is 1. The van der Waals surface area contributed by atoms with Crippen LogP contribution in [0.1, 0.15) is 38.0 Å². The molecule has 2 aromatic rings. The summed E-state index contributed by atoms with van der Waals surface area (Å²) >= 11 is 0. The molecule has 8 nitrogen and oxygen atoms in total. The number of carbonyl (C=O) groups excluding carboxylic acids is 1. The summed E-state index contributed by atoms with van der Waals surface area (Å²) in [7, 11) is 0. The van der Waals surface area contributed by atoms with E-state index in [2.05, 4.69) is 20.2 Å². The highest BCUT2D eigenvalue weighted by Gasteiger charge is 2.18. The third-order valence-corrected chi connectivity index (χ3v) is 3.72. The zero-order valence-electron chi connectivity index (χ0n) is 12.5. The highest BCUT2D eigenvalue weighted by Crippen LogP contribution is 2.28. The van der Waals surface area contributed by atoms with Crippen LogP contribution in [-0.4, -0.2) is 30.8 Å². The minimum atomic E-state index is -0.545. The predicted octanol–water partition coefficient (Wildman–Crippen LogP) is 1.70. The number of amides is 1. The van der Waals surface area contributed by atoms with Gasteiger partial charge in [-0.05, 0) is 24.8 Å². The number of hydrogen-bond acceptors (Lipinski definition) is 6. The van der Waals surface area contributed by atoms with Crippen molar-refractivity contribution in [2.24, 2.45) is 11.7 Å². The van der Waals surface area contributed by atoms with Gasteiger partial charge < -0.3 is 10.3 Å². The van der Waals surface area contributed by atoms with Crippen molar-refractivity contribution in [1.29, 1.82) is 0 Å². The quantitative estimate of drug-likeness (QED) is 0.897. The monoisotopic (exact) mass is 320 g/mol. The Morgan fingerprint density at radius 3 is 2.91 bits per heavy atom. The Balaban J connectivity index is 1.73. The van der Waals surface area contributed by atoms with Crippen molar-refractivity contribution >= 4 is 11.7 Å². The van der Waals surface area contributed by atoms with E-state index >= 15 is 0 Å². The molecule has 0 radical (unpaired) electrons. The number of nitrogens with two attached hydrogens (primary N) is 1. The Bertz CT molecular complexity index is 716. The Morgan fingerprint density at radius 2 is 2.17 bits per heavy atom. The van der Waals surface area contributed by atoms with Gasteiger partial charge in [-0.15, -0.1) is 5.10 Å². The number of nitrogens with zero attached hydrogens (tertiary/aromatic N) is 5. The van der Waals surface area contributed by atoms with Gasteiger partial charge in [-0.2, -0.15) is 4.98 Å². The summed E-state index contributed by atoms with van der Waals surface area (Å²) in [6.45, 7) is -0.104. The number of rotatable bonds is 5. The van der Waals surface area contributed by atoms with Gasteiger partial charge in [0, 0.05) is 0 Å². The van der Waals surface area contributed by atoms with E-state index < -0.39 is 11.7 Å². The van der Waals surface area contributed by atoms with Crippen LogP contribution in [0.25, 0.3) is 17.5 Å². The largest absolute Gasteiger partial charge is 0.368 e. The highest BCUT2D eigenvalue weighted by atomic mass is 19.1. The molecule has 9 heteroatoms. The molecule has 2 N–H and O–H groups in total. The van der Waals surface area contributed by atoms with Crippen molar-refractivity contribution in [3.8, 4) is 11.6 Å². The molecule has 0 saturated heterocycles. The molecule has 1 aliphatic rings. The Labute approximate surface area is 131 Å². The van der Waals surface area contributed by atoms with E-state index in [4.69, 9.17) is 10.3 Å². The van der Waals surface area contributed by atoms with E-state index in [1.165, 1.54) is 17.4 Å². The van der Waals surface area contributed by atoms with Crippen molar-refractivity contribution in [2.75, 3.05) is 0 Å². The van der Waals surface area contributed by atoms with Crippen LogP contribution in [0.3, 0.4) is 0 Å². The summed E-state index contributed by atoms with van der Waals surface area (Å²) in [4.78, 5) is 18.7. The van der Waals surface area contributed by atoms with Crippen LogP contribution in [0.4, 0.5) is 4.39 Å². The van der Waals surface area contributed by atoms with E-state index in [0.29, 0.717) is 0 Å². The molecule has 2 heterocycles. The first-order chi connectivity index (χ1) is 11.1. The van der Waals surface area contributed by atoms with E-state index in [-0.39, 0.29) is 30.0 Å². The highest BCUT2D eigenvalue weighted by molar-refractivity contribution is 5.73. The topological polar surface area (TPSA) is 113 Å². The van der Waals surface area contributed by atoms with E-state index in [1.807, 2.05) is 0 Å². The Kier molecular flexibility index (Phi) is 4.45. The molecule has 1 saturated carbocycles. The SMILES string of the molecule is NC(=O)Cn1cnc(-c2noc(/C(F)=C/C3CCCCC3)n2)n1. The lowest BCUT2D eigenvalue weighted by atomic mass is 9.89. The number of carbonyl (C=O) groups is 1. The number of primary amides is 1. The van der Waals surface area contributed by atoms with Gasteiger partial charge in [0.15, 0.2) is 5.83 Å². The Morgan fingerprint density at radius 1 is 1.39 bits per heavy atom. The van der Waals surface area contributed by atoms with Gasteiger partial charge in [0.1, 0.15) is 12.9 Å². The summed E-state index contributed by atoms with van der Waals surface area (Å²) in [5.74, 6) is -0.824. The molecular weight excluding hydrogens is 303 g/mol. The molecule has 0 unspecified atom stereocenters. The van der Waals surface area contributed by atoms with Crippen molar-refractivity contribution in [3.05, 3.63) is 18.3 Å². The van der Waals surface area contributed by atoms with Gasteiger partial charge in [-0.3, -0.25) is 4.79 Å². The fraction of sp³-hybridized carbons (Fsp3) is 0.500. The minimum Gasteiger partial charge on any atom is -0.368 e. The standard InChI is InChI=1S/C14H17FN6O2/c15-10(6-9-4-2-1-3-5-9)14-18-13(20-23-14)12-17-8-21(19-12)7-11(16)22/h6,8-9H,1-5,7H2,(H2,16,22)/b10-6-. The molecular formula is C14H17FN6O2.